The van der Waals surface area contributed by atoms with Crippen molar-refractivity contribution in [3.8, 4) is 11.1 Å². The summed E-state index contributed by atoms with van der Waals surface area (Å²) in [5, 5.41) is 3.31. The fraction of sp³-hybridized carbons (Fsp3) is 0.156. The first kappa shape index (κ1) is 27.1. The first-order valence-electron chi connectivity index (χ1n) is 12.8. The van der Waals surface area contributed by atoms with Gasteiger partial charge < -0.3 is 20.0 Å². The number of thiocarbonyl (C=S) groups is 3. The highest BCUT2D eigenvalue weighted by Gasteiger charge is 2.30. The van der Waals surface area contributed by atoms with Crippen LogP contribution in [-0.4, -0.2) is 58.5 Å². The molecule has 1 heterocycles. The molecule has 1 aliphatic rings. The van der Waals surface area contributed by atoms with E-state index < -0.39 is 0 Å². The van der Waals surface area contributed by atoms with E-state index in [0.29, 0.717) is 6.54 Å². The number of benzene rings is 4. The highest BCUT2D eigenvalue weighted by atomic mass is 32.1. The highest BCUT2D eigenvalue weighted by Crippen LogP contribution is 2.36. The molecule has 0 saturated heterocycles. The average Bonchev–Trinajstić information content (AvgIpc) is 3.19. The molecule has 0 aliphatic carbocycles. The van der Waals surface area contributed by atoms with Gasteiger partial charge >= 0.3 is 0 Å². The van der Waals surface area contributed by atoms with E-state index >= 15 is 0 Å². The van der Waals surface area contributed by atoms with Gasteiger partial charge in [0.2, 0.25) is 0 Å². The molecular weight excluding hydrogens is 537 g/mol. The van der Waals surface area contributed by atoms with Crippen LogP contribution in [0.2, 0.25) is 0 Å². The Morgan fingerprint density at radius 3 is 1.82 bits per heavy atom. The number of fused-ring (bicyclic) bond motifs is 1. The Kier molecular flexibility index (Phi) is 8.43. The van der Waals surface area contributed by atoms with Crippen LogP contribution in [0.4, 0.5) is 17.1 Å². The van der Waals surface area contributed by atoms with Crippen molar-refractivity contribution in [3.63, 3.8) is 0 Å². The van der Waals surface area contributed by atoms with Crippen LogP contribution in [0, 0.1) is 0 Å². The number of nitrogens with one attached hydrogen (secondary N) is 1. The number of para-hydroxylation sites is 2. The first-order chi connectivity index (χ1) is 18.9. The molecule has 4 nitrogen and oxygen atoms in total. The van der Waals surface area contributed by atoms with Crippen molar-refractivity contribution >= 4 is 68.7 Å². The summed E-state index contributed by atoms with van der Waals surface area (Å²) in [6, 6.07) is 35.8. The van der Waals surface area contributed by atoms with Crippen molar-refractivity contribution < 1.29 is 0 Å². The summed E-state index contributed by atoms with van der Waals surface area (Å²) in [6.45, 7) is 2.19. The van der Waals surface area contributed by atoms with E-state index in [-0.39, 0.29) is 0 Å². The van der Waals surface area contributed by atoms with Crippen molar-refractivity contribution in [2.75, 3.05) is 38.6 Å². The fourth-order valence-corrected chi connectivity index (χ4v) is 5.58. The van der Waals surface area contributed by atoms with Gasteiger partial charge in [-0.15, -0.1) is 0 Å². The van der Waals surface area contributed by atoms with Gasteiger partial charge in [-0.2, -0.15) is 0 Å². The van der Waals surface area contributed by atoms with Crippen LogP contribution in [-0.2, 0) is 0 Å². The predicted octanol–water partition coefficient (Wildman–Crippen LogP) is 6.97. The summed E-state index contributed by atoms with van der Waals surface area (Å²) in [5.74, 6) is 0. The van der Waals surface area contributed by atoms with Crippen LogP contribution < -0.4 is 10.2 Å². The molecule has 7 heteroatoms. The molecule has 0 bridgehead atoms. The van der Waals surface area contributed by atoms with Crippen molar-refractivity contribution in [1.29, 1.82) is 0 Å². The Labute approximate surface area is 246 Å². The van der Waals surface area contributed by atoms with Gasteiger partial charge in [-0.25, -0.2) is 0 Å². The summed E-state index contributed by atoms with van der Waals surface area (Å²) >= 11 is 17.2. The number of hydrogen-bond donors (Lipinski definition) is 1. The molecule has 0 atom stereocenters. The molecule has 0 saturated carbocycles. The van der Waals surface area contributed by atoms with E-state index in [1.165, 1.54) is 0 Å². The SMILES string of the molecule is CN(C)CCNC(=S)CN1C(=S)c2ccc(-c3ccc(N(c4ccccc4)c4ccccc4)cc3)cc2C1=S. The standard InChI is InChI=1S/C32H30N4S3/c1-34(2)20-19-33-30(37)22-35-31(38)28-18-15-24(21-29(28)32(35)39)23-13-16-27(17-14-23)36(25-9-5-3-6-10-25)26-11-7-4-8-12-26/h3-18,21H,19-20,22H2,1-2H3,(H,33,37). The van der Waals surface area contributed by atoms with Gasteiger partial charge in [0.15, 0.2) is 0 Å². The number of nitrogens with zero attached hydrogens (tertiary/aromatic N) is 3. The van der Waals surface area contributed by atoms with E-state index in [1.54, 1.807) is 0 Å². The summed E-state index contributed by atoms with van der Waals surface area (Å²) in [7, 11) is 4.08. The largest absolute Gasteiger partial charge is 0.377 e. The Morgan fingerprint density at radius 1 is 0.692 bits per heavy atom. The zero-order valence-electron chi connectivity index (χ0n) is 22.0. The monoisotopic (exact) mass is 566 g/mol. The Balaban J connectivity index is 1.36. The smallest absolute Gasteiger partial charge is 0.115 e. The molecule has 0 aromatic heterocycles. The number of likely N-dealkylation sites (N-methyl/N-ethyl adjacent to an activating group) is 1. The Hall–Kier alpha value is -3.49. The normalized spacial score (nSPS) is 12.5. The van der Waals surface area contributed by atoms with Crippen molar-refractivity contribution in [2.24, 2.45) is 0 Å². The topological polar surface area (TPSA) is 21.8 Å². The third-order valence-electron chi connectivity index (χ3n) is 6.64. The van der Waals surface area contributed by atoms with Crippen LogP contribution in [0.1, 0.15) is 11.1 Å². The molecule has 1 aliphatic heterocycles. The quantitative estimate of drug-likeness (QED) is 0.218. The molecule has 0 radical (unpaired) electrons. The van der Waals surface area contributed by atoms with Crippen LogP contribution in [0.25, 0.3) is 11.1 Å². The van der Waals surface area contributed by atoms with Crippen LogP contribution in [0.15, 0.2) is 103 Å². The van der Waals surface area contributed by atoms with Crippen LogP contribution in [0.3, 0.4) is 0 Å². The van der Waals surface area contributed by atoms with Gasteiger partial charge in [-0.05, 0) is 67.7 Å². The molecule has 39 heavy (non-hydrogen) atoms. The second-order valence-corrected chi connectivity index (χ2v) is 10.9. The lowest BCUT2D eigenvalue weighted by Crippen LogP contribution is -2.40. The van der Waals surface area contributed by atoms with Gasteiger partial charge in [0, 0.05) is 41.3 Å². The van der Waals surface area contributed by atoms with E-state index in [2.05, 4.69) is 106 Å². The zero-order valence-corrected chi connectivity index (χ0v) is 24.5. The molecule has 196 valence electrons. The minimum absolute atomic E-state index is 0.494. The molecule has 0 amide bonds. The third kappa shape index (κ3) is 6.07. The summed E-state index contributed by atoms with van der Waals surface area (Å²) in [4.78, 5) is 8.54. The number of rotatable bonds is 9. The van der Waals surface area contributed by atoms with Gasteiger partial charge in [0.25, 0.3) is 0 Å². The van der Waals surface area contributed by atoms with E-state index in [0.717, 1.165) is 67.4 Å². The minimum Gasteiger partial charge on any atom is -0.377 e. The molecular formula is C32H30N4S3. The predicted molar refractivity (Wildman–Crippen MR) is 176 cm³/mol. The second-order valence-electron chi connectivity index (χ2n) is 9.66. The van der Waals surface area contributed by atoms with Gasteiger partial charge in [-0.1, -0.05) is 97.3 Å². The lowest BCUT2D eigenvalue weighted by Gasteiger charge is -2.25. The molecule has 0 unspecified atom stereocenters. The van der Waals surface area contributed by atoms with Gasteiger partial charge in [-0.3, -0.25) is 0 Å². The van der Waals surface area contributed by atoms with Gasteiger partial charge in [0.1, 0.15) is 9.98 Å². The summed E-state index contributed by atoms with van der Waals surface area (Å²) < 4.78 is 0. The maximum absolute atomic E-state index is 5.85. The lowest BCUT2D eigenvalue weighted by atomic mass is 10.00. The third-order valence-corrected chi connectivity index (χ3v) is 7.80. The summed E-state index contributed by atoms with van der Waals surface area (Å²) in [5.41, 5.74) is 7.52. The first-order valence-corrected chi connectivity index (χ1v) is 14.1. The van der Waals surface area contributed by atoms with E-state index in [1.807, 2.05) is 31.1 Å². The second kappa shape index (κ2) is 12.1. The number of hydrogen-bond acceptors (Lipinski definition) is 5. The molecule has 4 aromatic rings. The molecule has 0 fully saturated rings. The fourth-order valence-electron chi connectivity index (χ4n) is 4.64. The zero-order chi connectivity index (χ0) is 27.4. The van der Waals surface area contributed by atoms with E-state index in [9.17, 15) is 0 Å². The van der Waals surface area contributed by atoms with Crippen LogP contribution >= 0.6 is 36.7 Å². The minimum atomic E-state index is 0.494. The maximum atomic E-state index is 5.85. The molecule has 4 aromatic carbocycles. The van der Waals surface area contributed by atoms with Crippen molar-refractivity contribution in [1.82, 2.24) is 15.1 Å². The van der Waals surface area contributed by atoms with Crippen molar-refractivity contribution in [3.05, 3.63) is 114 Å². The van der Waals surface area contributed by atoms with E-state index in [4.69, 9.17) is 36.7 Å². The molecule has 0 spiro atoms. The lowest BCUT2D eigenvalue weighted by molar-refractivity contribution is 0.412. The van der Waals surface area contributed by atoms with Gasteiger partial charge in [0.05, 0.1) is 11.5 Å². The van der Waals surface area contributed by atoms with Crippen molar-refractivity contribution in [2.45, 2.75) is 0 Å². The number of anilines is 3. The Morgan fingerprint density at radius 2 is 1.23 bits per heavy atom. The van der Waals surface area contributed by atoms with Crippen LogP contribution in [0.5, 0.6) is 0 Å². The average molecular weight is 567 g/mol. The molecule has 1 N–H and O–H groups in total. The summed E-state index contributed by atoms with van der Waals surface area (Å²) in [6.07, 6.45) is 0. The Bertz CT molecular complexity index is 1450. The maximum Gasteiger partial charge on any atom is 0.115 e. The molecule has 5 rings (SSSR count). The highest BCUT2D eigenvalue weighted by molar-refractivity contribution is 7.83.